The lowest BCUT2D eigenvalue weighted by Crippen LogP contribution is -2.19. The zero-order valence-corrected chi connectivity index (χ0v) is 18.9. The van der Waals surface area contributed by atoms with Crippen molar-refractivity contribution in [2.45, 2.75) is 39.2 Å². The molecule has 7 nitrogen and oxygen atoms in total. The predicted molar refractivity (Wildman–Crippen MR) is 124 cm³/mol. The molecular formula is C25H25FN6O. The fourth-order valence-electron chi connectivity index (χ4n) is 4.27. The van der Waals surface area contributed by atoms with Crippen LogP contribution in [-0.4, -0.2) is 36.4 Å². The van der Waals surface area contributed by atoms with Gasteiger partial charge in [0, 0.05) is 18.7 Å². The monoisotopic (exact) mass is 444 g/mol. The van der Waals surface area contributed by atoms with Crippen molar-refractivity contribution >= 4 is 12.2 Å². The third-order valence-corrected chi connectivity index (χ3v) is 5.94. The van der Waals surface area contributed by atoms with Crippen molar-refractivity contribution in [2.75, 3.05) is 7.11 Å². The van der Waals surface area contributed by atoms with E-state index in [0.29, 0.717) is 22.8 Å². The van der Waals surface area contributed by atoms with E-state index < -0.39 is 0 Å². The molecule has 33 heavy (non-hydrogen) atoms. The third kappa shape index (κ3) is 4.04. The molecule has 0 saturated heterocycles. The van der Waals surface area contributed by atoms with Crippen LogP contribution >= 0.6 is 0 Å². The Morgan fingerprint density at radius 2 is 2.00 bits per heavy atom. The van der Waals surface area contributed by atoms with Crippen molar-refractivity contribution in [3.8, 4) is 11.6 Å². The van der Waals surface area contributed by atoms with Gasteiger partial charge in [0.2, 0.25) is 5.88 Å². The maximum absolute atomic E-state index is 14.8. The van der Waals surface area contributed by atoms with Gasteiger partial charge in [-0.2, -0.15) is 5.10 Å². The Morgan fingerprint density at radius 3 is 2.79 bits per heavy atom. The van der Waals surface area contributed by atoms with Crippen LogP contribution in [0.4, 0.5) is 4.39 Å². The molecule has 0 amide bonds. The molecule has 0 spiro atoms. The maximum Gasteiger partial charge on any atom is 0.238 e. The molecule has 1 atom stereocenters. The topological polar surface area (TPSA) is 70.7 Å². The largest absolute Gasteiger partial charge is 0.479 e. The Bertz CT molecular complexity index is 1340. The minimum Gasteiger partial charge on any atom is -0.479 e. The fourth-order valence-corrected chi connectivity index (χ4v) is 4.27. The smallest absolute Gasteiger partial charge is 0.238 e. The molecule has 1 aromatic carbocycles. The highest BCUT2D eigenvalue weighted by molar-refractivity contribution is 5.65. The number of fused-ring (bicyclic) bond motifs is 1. The molecular weight excluding hydrogens is 419 g/mol. The molecule has 4 aromatic rings. The van der Waals surface area contributed by atoms with Crippen molar-refractivity contribution in [3.63, 3.8) is 0 Å². The molecule has 1 aliphatic heterocycles. The van der Waals surface area contributed by atoms with Gasteiger partial charge in [0.1, 0.15) is 17.3 Å². The van der Waals surface area contributed by atoms with Gasteiger partial charge in [-0.25, -0.2) is 24.0 Å². The lowest BCUT2D eigenvalue weighted by molar-refractivity contribution is 0.395. The number of rotatable bonds is 5. The van der Waals surface area contributed by atoms with E-state index in [1.165, 1.54) is 0 Å². The third-order valence-electron chi connectivity index (χ3n) is 5.94. The summed E-state index contributed by atoms with van der Waals surface area (Å²) in [6.45, 7) is 4.51. The van der Waals surface area contributed by atoms with Gasteiger partial charge in [-0.05, 0) is 62.1 Å². The zero-order chi connectivity index (χ0) is 22.9. The molecule has 4 heterocycles. The Morgan fingerprint density at radius 1 is 1.12 bits per heavy atom. The van der Waals surface area contributed by atoms with Crippen LogP contribution in [0.15, 0.2) is 42.9 Å². The van der Waals surface area contributed by atoms with E-state index in [1.54, 1.807) is 26.4 Å². The number of ether oxygens (including phenoxy) is 1. The van der Waals surface area contributed by atoms with Crippen LogP contribution in [0.3, 0.4) is 0 Å². The summed E-state index contributed by atoms with van der Waals surface area (Å²) in [5.41, 5.74) is 3.80. The number of aromatic nitrogens is 6. The van der Waals surface area contributed by atoms with Crippen LogP contribution in [0, 0.1) is 19.7 Å². The fraction of sp³-hybridized carbons (Fsp3) is 0.280. The van der Waals surface area contributed by atoms with Crippen LogP contribution < -0.4 is 4.74 Å². The maximum atomic E-state index is 14.8. The van der Waals surface area contributed by atoms with Gasteiger partial charge in [0.25, 0.3) is 0 Å². The molecule has 0 saturated carbocycles. The van der Waals surface area contributed by atoms with E-state index in [-0.39, 0.29) is 11.7 Å². The number of methoxy groups -OCH3 is 1. The first-order valence-corrected chi connectivity index (χ1v) is 11.0. The van der Waals surface area contributed by atoms with Crippen LogP contribution in [0.2, 0.25) is 0 Å². The molecule has 1 unspecified atom stereocenters. The van der Waals surface area contributed by atoms with Gasteiger partial charge in [-0.1, -0.05) is 18.2 Å². The number of benzene rings is 1. The number of nitrogens with zero attached hydrogens (tertiary/aromatic N) is 6. The summed E-state index contributed by atoms with van der Waals surface area (Å²) in [4.78, 5) is 13.6. The van der Waals surface area contributed by atoms with Gasteiger partial charge < -0.3 is 9.30 Å². The minimum atomic E-state index is -0.152. The average molecular weight is 445 g/mol. The van der Waals surface area contributed by atoms with Crippen molar-refractivity contribution in [3.05, 3.63) is 82.8 Å². The summed E-state index contributed by atoms with van der Waals surface area (Å²) < 4.78 is 24.1. The van der Waals surface area contributed by atoms with Gasteiger partial charge in [0.05, 0.1) is 24.8 Å². The normalized spacial score (nSPS) is 15.7. The van der Waals surface area contributed by atoms with E-state index in [1.807, 2.05) is 58.8 Å². The molecule has 5 rings (SSSR count). The van der Waals surface area contributed by atoms with Gasteiger partial charge in [-0.15, -0.1) is 0 Å². The predicted octanol–water partition coefficient (Wildman–Crippen LogP) is 4.72. The van der Waals surface area contributed by atoms with Crippen molar-refractivity contribution in [2.24, 2.45) is 0 Å². The van der Waals surface area contributed by atoms with Crippen LogP contribution in [0.1, 0.15) is 52.9 Å². The SMILES string of the molecule is COc1nc(/C=C/c2nc3n(n2)CCCC3c2cccc(C)c2F)ccc1-n1cnc(C)c1. The van der Waals surface area contributed by atoms with Crippen LogP contribution in [0.5, 0.6) is 5.88 Å². The quantitative estimate of drug-likeness (QED) is 0.446. The molecule has 8 heteroatoms. The highest BCUT2D eigenvalue weighted by Gasteiger charge is 2.27. The van der Waals surface area contributed by atoms with E-state index in [2.05, 4.69) is 15.1 Å². The summed E-state index contributed by atoms with van der Waals surface area (Å²) in [6.07, 6.45) is 9.13. The van der Waals surface area contributed by atoms with Gasteiger partial charge >= 0.3 is 0 Å². The molecule has 0 fully saturated rings. The Labute approximate surface area is 191 Å². The second-order valence-corrected chi connectivity index (χ2v) is 8.24. The van der Waals surface area contributed by atoms with E-state index in [9.17, 15) is 4.39 Å². The highest BCUT2D eigenvalue weighted by atomic mass is 19.1. The Hall–Kier alpha value is -3.81. The van der Waals surface area contributed by atoms with Crippen LogP contribution in [0.25, 0.3) is 17.8 Å². The number of hydrogen-bond donors (Lipinski definition) is 0. The van der Waals surface area contributed by atoms with Crippen molar-refractivity contribution in [1.29, 1.82) is 0 Å². The second-order valence-electron chi connectivity index (χ2n) is 8.24. The second kappa shape index (κ2) is 8.61. The standard InChI is InChI=1S/C25H25FN6O/c1-16-6-4-7-19(23(16)26)20-8-5-13-32-24(20)29-22(30-32)12-10-18-9-11-21(25(28-18)33-3)31-14-17(2)27-15-31/h4,6-7,9-12,14-15,20H,5,8,13H2,1-3H3/b12-10+. The summed E-state index contributed by atoms with van der Waals surface area (Å²) >= 11 is 0. The summed E-state index contributed by atoms with van der Waals surface area (Å²) in [7, 11) is 1.60. The number of imidazole rings is 1. The van der Waals surface area contributed by atoms with Crippen molar-refractivity contribution < 1.29 is 9.13 Å². The van der Waals surface area contributed by atoms with E-state index >= 15 is 0 Å². The van der Waals surface area contributed by atoms with Gasteiger partial charge in [-0.3, -0.25) is 0 Å². The molecule has 0 aliphatic carbocycles. The molecule has 1 aliphatic rings. The zero-order valence-electron chi connectivity index (χ0n) is 18.9. The summed E-state index contributed by atoms with van der Waals surface area (Å²) in [6, 6.07) is 9.39. The first-order valence-electron chi connectivity index (χ1n) is 11.0. The number of pyridine rings is 1. The summed E-state index contributed by atoms with van der Waals surface area (Å²) in [5.74, 6) is 1.65. The minimum absolute atomic E-state index is 0.0931. The van der Waals surface area contributed by atoms with E-state index in [0.717, 1.165) is 42.3 Å². The lowest BCUT2D eigenvalue weighted by Gasteiger charge is -2.23. The highest BCUT2D eigenvalue weighted by Crippen LogP contribution is 2.34. The molecule has 0 N–H and O–H groups in total. The van der Waals surface area contributed by atoms with Crippen molar-refractivity contribution in [1.82, 2.24) is 29.3 Å². The number of aryl methyl sites for hydroxylation is 3. The molecule has 3 aromatic heterocycles. The Balaban J connectivity index is 1.42. The summed E-state index contributed by atoms with van der Waals surface area (Å²) in [5, 5.41) is 4.63. The molecule has 0 bridgehead atoms. The Kier molecular flexibility index (Phi) is 5.50. The average Bonchev–Trinajstić information content (AvgIpc) is 3.45. The number of hydrogen-bond acceptors (Lipinski definition) is 5. The number of halogens is 1. The van der Waals surface area contributed by atoms with Crippen LogP contribution in [-0.2, 0) is 6.54 Å². The van der Waals surface area contributed by atoms with Gasteiger partial charge in [0.15, 0.2) is 5.82 Å². The molecule has 168 valence electrons. The molecule has 0 radical (unpaired) electrons. The first kappa shape index (κ1) is 21.1. The lowest BCUT2D eigenvalue weighted by atomic mass is 9.90. The van der Waals surface area contributed by atoms with E-state index in [4.69, 9.17) is 9.72 Å². The first-order chi connectivity index (χ1) is 16.0.